The highest BCUT2D eigenvalue weighted by atomic mass is 16.4. The number of likely N-dealkylation sites (tertiary alicyclic amines) is 1. The number of carboxylic acid groups (broad SMARTS) is 1. The molecule has 1 fully saturated rings. The molecule has 3 N–H and O–H groups in total. The summed E-state index contributed by atoms with van der Waals surface area (Å²) in [7, 11) is 0. The SMILES string of the molecule is CC1CCN(C(=O)NCc2ncc[nH]2)C(C(=O)O)C1. The van der Waals surface area contributed by atoms with E-state index in [1.54, 1.807) is 12.4 Å². The maximum Gasteiger partial charge on any atom is 0.326 e. The average Bonchev–Trinajstić information content (AvgIpc) is 2.88. The summed E-state index contributed by atoms with van der Waals surface area (Å²) in [6.07, 6.45) is 4.61. The molecule has 104 valence electrons. The zero-order valence-corrected chi connectivity index (χ0v) is 10.8. The van der Waals surface area contributed by atoms with Crippen molar-refractivity contribution in [3.8, 4) is 0 Å². The summed E-state index contributed by atoms with van der Waals surface area (Å²) in [5.74, 6) is 0.0283. The Kier molecular flexibility index (Phi) is 4.03. The zero-order chi connectivity index (χ0) is 13.8. The van der Waals surface area contributed by atoms with E-state index in [-0.39, 0.29) is 12.6 Å². The fraction of sp³-hybridized carbons (Fsp3) is 0.583. The molecule has 7 heteroatoms. The number of carboxylic acids is 1. The van der Waals surface area contributed by atoms with Crippen LogP contribution in [0, 0.1) is 5.92 Å². The van der Waals surface area contributed by atoms with Gasteiger partial charge in [0.25, 0.3) is 0 Å². The topological polar surface area (TPSA) is 98.3 Å². The first-order valence-corrected chi connectivity index (χ1v) is 6.33. The van der Waals surface area contributed by atoms with E-state index < -0.39 is 12.0 Å². The molecule has 2 amide bonds. The zero-order valence-electron chi connectivity index (χ0n) is 10.8. The van der Waals surface area contributed by atoms with Crippen LogP contribution in [0.5, 0.6) is 0 Å². The van der Waals surface area contributed by atoms with Gasteiger partial charge in [-0.1, -0.05) is 6.92 Å². The summed E-state index contributed by atoms with van der Waals surface area (Å²) in [4.78, 5) is 31.5. The number of piperidine rings is 1. The Bertz CT molecular complexity index is 446. The fourth-order valence-electron chi connectivity index (χ4n) is 2.27. The molecule has 0 aliphatic carbocycles. The van der Waals surface area contributed by atoms with Crippen molar-refractivity contribution in [3.63, 3.8) is 0 Å². The van der Waals surface area contributed by atoms with E-state index in [0.717, 1.165) is 6.42 Å². The van der Waals surface area contributed by atoms with Crippen LogP contribution in [-0.4, -0.2) is 44.6 Å². The van der Waals surface area contributed by atoms with Gasteiger partial charge < -0.3 is 20.3 Å². The Morgan fingerprint density at radius 3 is 3.05 bits per heavy atom. The molecule has 19 heavy (non-hydrogen) atoms. The number of carbonyl (C=O) groups is 2. The number of hydrogen-bond donors (Lipinski definition) is 3. The van der Waals surface area contributed by atoms with E-state index >= 15 is 0 Å². The summed E-state index contributed by atoms with van der Waals surface area (Å²) >= 11 is 0. The molecule has 2 atom stereocenters. The third-order valence-electron chi connectivity index (χ3n) is 3.37. The molecule has 0 aromatic carbocycles. The van der Waals surface area contributed by atoms with Gasteiger partial charge in [0.15, 0.2) is 0 Å². The number of rotatable bonds is 3. The van der Waals surface area contributed by atoms with Crippen LogP contribution in [0.3, 0.4) is 0 Å². The highest BCUT2D eigenvalue weighted by molar-refractivity contribution is 5.82. The van der Waals surface area contributed by atoms with Gasteiger partial charge in [-0.2, -0.15) is 0 Å². The van der Waals surface area contributed by atoms with Crippen LogP contribution in [0.15, 0.2) is 12.4 Å². The number of nitrogens with zero attached hydrogens (tertiary/aromatic N) is 2. The quantitative estimate of drug-likeness (QED) is 0.753. The van der Waals surface area contributed by atoms with E-state index in [1.807, 2.05) is 6.92 Å². The molecule has 2 rings (SSSR count). The Balaban J connectivity index is 1.94. The summed E-state index contributed by atoms with van der Waals surface area (Å²) in [6, 6.07) is -1.09. The number of aromatic amines is 1. The number of carbonyl (C=O) groups excluding carboxylic acids is 1. The van der Waals surface area contributed by atoms with Gasteiger partial charge in [0.1, 0.15) is 11.9 Å². The van der Waals surface area contributed by atoms with Gasteiger partial charge in [-0.05, 0) is 18.8 Å². The molecule has 1 saturated heterocycles. The smallest absolute Gasteiger partial charge is 0.326 e. The van der Waals surface area contributed by atoms with E-state index in [1.165, 1.54) is 4.90 Å². The van der Waals surface area contributed by atoms with Gasteiger partial charge in [-0.25, -0.2) is 14.6 Å². The highest BCUT2D eigenvalue weighted by Gasteiger charge is 2.34. The standard InChI is InChI=1S/C12H18N4O3/c1-8-2-5-16(9(6-8)11(17)18)12(19)15-7-10-13-3-4-14-10/h3-4,8-9H,2,5-7H2,1H3,(H,13,14)(H,15,19)(H,17,18). The van der Waals surface area contributed by atoms with Gasteiger partial charge in [0.05, 0.1) is 6.54 Å². The Labute approximate surface area is 111 Å². The Hall–Kier alpha value is -2.05. The third kappa shape index (κ3) is 3.24. The van der Waals surface area contributed by atoms with Crippen molar-refractivity contribution in [2.45, 2.75) is 32.4 Å². The minimum absolute atomic E-state index is 0.268. The van der Waals surface area contributed by atoms with E-state index in [4.69, 9.17) is 0 Å². The number of imidazole rings is 1. The normalized spacial score (nSPS) is 23.1. The summed E-state index contributed by atoms with van der Waals surface area (Å²) in [5, 5.41) is 11.9. The molecule has 1 aliphatic heterocycles. The molecule has 0 saturated carbocycles. The van der Waals surface area contributed by atoms with Gasteiger partial charge in [-0.15, -0.1) is 0 Å². The molecule has 0 bridgehead atoms. The maximum atomic E-state index is 12.0. The third-order valence-corrected chi connectivity index (χ3v) is 3.37. The fourth-order valence-corrected chi connectivity index (χ4v) is 2.27. The van der Waals surface area contributed by atoms with Crippen molar-refractivity contribution in [3.05, 3.63) is 18.2 Å². The van der Waals surface area contributed by atoms with Crippen molar-refractivity contribution >= 4 is 12.0 Å². The van der Waals surface area contributed by atoms with Crippen molar-refractivity contribution in [1.29, 1.82) is 0 Å². The Morgan fingerprint density at radius 2 is 2.42 bits per heavy atom. The molecule has 1 aromatic heterocycles. The van der Waals surface area contributed by atoms with Crippen molar-refractivity contribution < 1.29 is 14.7 Å². The minimum Gasteiger partial charge on any atom is -0.480 e. The molecule has 7 nitrogen and oxygen atoms in total. The number of urea groups is 1. The lowest BCUT2D eigenvalue weighted by molar-refractivity contribution is -0.143. The van der Waals surface area contributed by atoms with E-state index in [0.29, 0.717) is 24.7 Å². The van der Waals surface area contributed by atoms with Gasteiger partial charge >= 0.3 is 12.0 Å². The van der Waals surface area contributed by atoms with Crippen LogP contribution in [0.4, 0.5) is 4.79 Å². The molecule has 2 heterocycles. The number of amides is 2. The Morgan fingerprint density at radius 1 is 1.63 bits per heavy atom. The minimum atomic E-state index is -0.945. The number of hydrogen-bond acceptors (Lipinski definition) is 3. The van der Waals surface area contributed by atoms with Gasteiger partial charge in [-0.3, -0.25) is 0 Å². The van der Waals surface area contributed by atoms with Crippen LogP contribution in [-0.2, 0) is 11.3 Å². The molecule has 2 unspecified atom stereocenters. The van der Waals surface area contributed by atoms with E-state index in [2.05, 4.69) is 15.3 Å². The number of H-pyrrole nitrogens is 1. The second kappa shape index (κ2) is 5.73. The lowest BCUT2D eigenvalue weighted by Crippen LogP contribution is -2.53. The molecule has 1 aromatic rings. The summed E-state index contributed by atoms with van der Waals surface area (Å²) in [6.45, 7) is 2.75. The van der Waals surface area contributed by atoms with Gasteiger partial charge in [0, 0.05) is 18.9 Å². The molecule has 0 spiro atoms. The van der Waals surface area contributed by atoms with E-state index in [9.17, 15) is 14.7 Å². The monoisotopic (exact) mass is 266 g/mol. The molecule has 1 aliphatic rings. The number of aromatic nitrogens is 2. The van der Waals surface area contributed by atoms with Crippen LogP contribution in [0.1, 0.15) is 25.6 Å². The van der Waals surface area contributed by atoms with Crippen molar-refractivity contribution in [2.24, 2.45) is 5.92 Å². The number of aliphatic carboxylic acids is 1. The van der Waals surface area contributed by atoms with Crippen LogP contribution in [0.25, 0.3) is 0 Å². The number of nitrogens with one attached hydrogen (secondary N) is 2. The molecular formula is C12H18N4O3. The largest absolute Gasteiger partial charge is 0.480 e. The van der Waals surface area contributed by atoms with Crippen LogP contribution in [0.2, 0.25) is 0 Å². The predicted octanol–water partition coefficient (Wildman–Crippen LogP) is 0.804. The predicted molar refractivity (Wildman–Crippen MR) is 67.4 cm³/mol. The summed E-state index contributed by atoms with van der Waals surface area (Å²) < 4.78 is 0. The molecular weight excluding hydrogens is 248 g/mol. The van der Waals surface area contributed by atoms with Crippen molar-refractivity contribution in [2.75, 3.05) is 6.54 Å². The maximum absolute atomic E-state index is 12.0. The lowest BCUT2D eigenvalue weighted by Gasteiger charge is -2.35. The first-order chi connectivity index (χ1) is 9.08. The molecule has 0 radical (unpaired) electrons. The second-order valence-corrected chi connectivity index (χ2v) is 4.87. The average molecular weight is 266 g/mol. The first-order valence-electron chi connectivity index (χ1n) is 6.33. The second-order valence-electron chi connectivity index (χ2n) is 4.87. The highest BCUT2D eigenvalue weighted by Crippen LogP contribution is 2.22. The lowest BCUT2D eigenvalue weighted by atomic mass is 9.93. The van der Waals surface area contributed by atoms with Crippen LogP contribution < -0.4 is 5.32 Å². The van der Waals surface area contributed by atoms with Crippen molar-refractivity contribution in [1.82, 2.24) is 20.2 Å². The van der Waals surface area contributed by atoms with Crippen LogP contribution >= 0.6 is 0 Å². The van der Waals surface area contributed by atoms with Gasteiger partial charge in [0.2, 0.25) is 0 Å². The summed E-state index contributed by atoms with van der Waals surface area (Å²) in [5.41, 5.74) is 0. The first kappa shape index (κ1) is 13.4.